The van der Waals surface area contributed by atoms with E-state index in [9.17, 15) is 4.79 Å². The predicted molar refractivity (Wildman–Crippen MR) is 86.8 cm³/mol. The summed E-state index contributed by atoms with van der Waals surface area (Å²) in [5.41, 5.74) is 8.05. The first-order valence-electron chi connectivity index (χ1n) is 7.48. The molecule has 1 atom stereocenters. The van der Waals surface area contributed by atoms with Gasteiger partial charge in [0.15, 0.2) is 0 Å². The van der Waals surface area contributed by atoms with Gasteiger partial charge in [-0.25, -0.2) is 0 Å². The van der Waals surface area contributed by atoms with Gasteiger partial charge in [-0.1, -0.05) is 18.2 Å². The average molecular weight is 296 g/mol. The highest BCUT2D eigenvalue weighted by Gasteiger charge is 2.33. The van der Waals surface area contributed by atoms with Gasteiger partial charge in [0.25, 0.3) is 5.91 Å². The second-order valence-electron chi connectivity index (χ2n) is 5.69. The Bertz CT molecular complexity index is 663. The van der Waals surface area contributed by atoms with E-state index in [1.807, 2.05) is 24.3 Å². The second-order valence-corrected chi connectivity index (χ2v) is 5.69. The molecule has 0 aromatic heterocycles. The molecule has 2 aromatic rings. The third-order valence-corrected chi connectivity index (χ3v) is 4.00. The number of carbonyl (C=O) groups is 1. The first kappa shape index (κ1) is 14.4. The summed E-state index contributed by atoms with van der Waals surface area (Å²) in [5, 5.41) is 3.14. The summed E-state index contributed by atoms with van der Waals surface area (Å²) in [4.78, 5) is 12.4. The van der Waals surface area contributed by atoms with E-state index in [2.05, 4.69) is 5.32 Å². The lowest BCUT2D eigenvalue weighted by atomic mass is 10.0. The van der Waals surface area contributed by atoms with E-state index in [1.54, 1.807) is 31.4 Å². The van der Waals surface area contributed by atoms with Crippen LogP contribution < -0.4 is 15.8 Å². The van der Waals surface area contributed by atoms with Crippen LogP contribution in [0.15, 0.2) is 48.5 Å². The zero-order chi connectivity index (χ0) is 15.5. The van der Waals surface area contributed by atoms with Gasteiger partial charge in [-0.2, -0.15) is 0 Å². The minimum Gasteiger partial charge on any atom is -0.497 e. The number of amides is 1. The van der Waals surface area contributed by atoms with Gasteiger partial charge in [0.05, 0.1) is 13.2 Å². The molecule has 0 saturated heterocycles. The molecule has 3 rings (SSSR count). The number of rotatable bonds is 5. The molecule has 0 spiro atoms. The monoisotopic (exact) mass is 296 g/mol. The maximum Gasteiger partial charge on any atom is 0.251 e. The molecule has 22 heavy (non-hydrogen) atoms. The van der Waals surface area contributed by atoms with Gasteiger partial charge < -0.3 is 15.8 Å². The van der Waals surface area contributed by atoms with Crippen molar-refractivity contribution in [3.05, 3.63) is 59.7 Å². The fraction of sp³-hybridized carbons (Fsp3) is 0.278. The van der Waals surface area contributed by atoms with Gasteiger partial charge in [0, 0.05) is 11.3 Å². The van der Waals surface area contributed by atoms with E-state index in [0.717, 1.165) is 24.2 Å². The van der Waals surface area contributed by atoms with E-state index >= 15 is 0 Å². The van der Waals surface area contributed by atoms with Crippen molar-refractivity contribution in [3.8, 4) is 5.75 Å². The minimum atomic E-state index is -0.0833. The number of methoxy groups -OCH3 is 1. The Labute approximate surface area is 130 Å². The van der Waals surface area contributed by atoms with Crippen molar-refractivity contribution in [2.45, 2.75) is 18.9 Å². The smallest absolute Gasteiger partial charge is 0.251 e. The van der Waals surface area contributed by atoms with E-state index in [0.29, 0.717) is 17.2 Å². The van der Waals surface area contributed by atoms with E-state index < -0.39 is 0 Å². The molecular formula is C18H20N2O2. The molecule has 0 bridgehead atoms. The Hall–Kier alpha value is -2.49. The molecule has 3 N–H and O–H groups in total. The van der Waals surface area contributed by atoms with Gasteiger partial charge in [-0.3, -0.25) is 4.79 Å². The molecule has 1 fully saturated rings. The van der Waals surface area contributed by atoms with Crippen molar-refractivity contribution in [1.82, 2.24) is 5.32 Å². The van der Waals surface area contributed by atoms with Crippen LogP contribution in [-0.4, -0.2) is 13.0 Å². The lowest BCUT2D eigenvalue weighted by molar-refractivity contribution is 0.0931. The van der Waals surface area contributed by atoms with Crippen LogP contribution in [0.5, 0.6) is 5.75 Å². The predicted octanol–water partition coefficient (Wildman–Crippen LogP) is 3.16. The first-order valence-corrected chi connectivity index (χ1v) is 7.48. The summed E-state index contributed by atoms with van der Waals surface area (Å²) in [5.74, 6) is 1.25. The molecule has 4 heteroatoms. The number of benzene rings is 2. The number of hydrogen-bond donors (Lipinski definition) is 2. The summed E-state index contributed by atoms with van der Waals surface area (Å²) >= 11 is 0. The molecule has 1 amide bonds. The lowest BCUT2D eigenvalue weighted by Crippen LogP contribution is -2.29. The van der Waals surface area contributed by atoms with Crippen molar-refractivity contribution >= 4 is 11.6 Å². The Kier molecular flexibility index (Phi) is 4.00. The van der Waals surface area contributed by atoms with E-state index in [-0.39, 0.29) is 11.9 Å². The Morgan fingerprint density at radius 1 is 1.23 bits per heavy atom. The molecule has 0 aliphatic heterocycles. The number of nitrogen functional groups attached to an aromatic ring is 1. The van der Waals surface area contributed by atoms with Crippen LogP contribution in [0.3, 0.4) is 0 Å². The van der Waals surface area contributed by atoms with E-state index in [4.69, 9.17) is 10.5 Å². The molecule has 0 heterocycles. The Morgan fingerprint density at radius 2 is 1.95 bits per heavy atom. The lowest BCUT2D eigenvalue weighted by Gasteiger charge is -2.19. The molecular weight excluding hydrogens is 276 g/mol. The normalized spacial score (nSPS) is 15.1. The van der Waals surface area contributed by atoms with Crippen molar-refractivity contribution in [2.75, 3.05) is 12.8 Å². The third kappa shape index (κ3) is 3.22. The summed E-state index contributed by atoms with van der Waals surface area (Å²) in [6, 6.07) is 15.0. The van der Waals surface area contributed by atoms with Crippen LogP contribution in [0.2, 0.25) is 0 Å². The maximum absolute atomic E-state index is 12.4. The first-order chi connectivity index (χ1) is 10.7. The maximum atomic E-state index is 12.4. The fourth-order valence-corrected chi connectivity index (χ4v) is 2.62. The molecule has 0 radical (unpaired) electrons. The summed E-state index contributed by atoms with van der Waals surface area (Å²) < 4.78 is 5.19. The van der Waals surface area contributed by atoms with Gasteiger partial charge in [-0.15, -0.1) is 0 Å². The minimum absolute atomic E-state index is 0.0415. The van der Waals surface area contributed by atoms with Crippen LogP contribution >= 0.6 is 0 Å². The summed E-state index contributed by atoms with van der Waals surface area (Å²) in [7, 11) is 1.65. The van der Waals surface area contributed by atoms with Gasteiger partial charge in [0.1, 0.15) is 5.75 Å². The SMILES string of the molecule is COc1ccc(C(NC(=O)c2cccc(N)c2)C2CC2)cc1. The standard InChI is InChI=1S/C18H20N2O2/c1-22-16-9-7-13(8-10-16)17(12-5-6-12)20-18(21)14-3-2-4-15(19)11-14/h2-4,7-12,17H,5-6,19H2,1H3,(H,20,21). The largest absolute Gasteiger partial charge is 0.497 e. The van der Waals surface area contributed by atoms with Gasteiger partial charge in [0.2, 0.25) is 0 Å². The van der Waals surface area contributed by atoms with Crippen LogP contribution in [-0.2, 0) is 0 Å². The van der Waals surface area contributed by atoms with Gasteiger partial charge >= 0.3 is 0 Å². The topological polar surface area (TPSA) is 64.3 Å². The number of nitrogens with two attached hydrogens (primary N) is 1. The number of carbonyl (C=O) groups excluding carboxylic acids is 1. The highest BCUT2D eigenvalue weighted by molar-refractivity contribution is 5.95. The molecule has 1 unspecified atom stereocenters. The fourth-order valence-electron chi connectivity index (χ4n) is 2.62. The highest BCUT2D eigenvalue weighted by atomic mass is 16.5. The summed E-state index contributed by atoms with van der Waals surface area (Å²) in [6.45, 7) is 0. The molecule has 1 aliphatic rings. The number of nitrogens with one attached hydrogen (secondary N) is 1. The van der Waals surface area contributed by atoms with Crippen LogP contribution in [0.1, 0.15) is 34.8 Å². The Balaban J connectivity index is 1.78. The number of ether oxygens (including phenoxy) is 1. The number of anilines is 1. The highest BCUT2D eigenvalue weighted by Crippen LogP contribution is 2.41. The van der Waals surface area contributed by atoms with Crippen LogP contribution in [0, 0.1) is 5.92 Å². The van der Waals surface area contributed by atoms with Crippen molar-refractivity contribution < 1.29 is 9.53 Å². The molecule has 1 aliphatic carbocycles. The van der Waals surface area contributed by atoms with Crippen molar-refractivity contribution in [1.29, 1.82) is 0 Å². The van der Waals surface area contributed by atoms with Crippen LogP contribution in [0.4, 0.5) is 5.69 Å². The van der Waals surface area contributed by atoms with Gasteiger partial charge in [-0.05, 0) is 54.7 Å². The van der Waals surface area contributed by atoms with Crippen molar-refractivity contribution in [2.24, 2.45) is 5.92 Å². The van der Waals surface area contributed by atoms with Crippen molar-refractivity contribution in [3.63, 3.8) is 0 Å². The molecule has 1 saturated carbocycles. The third-order valence-electron chi connectivity index (χ3n) is 4.00. The molecule has 2 aromatic carbocycles. The quantitative estimate of drug-likeness (QED) is 0.833. The number of hydrogen-bond acceptors (Lipinski definition) is 3. The Morgan fingerprint density at radius 3 is 2.55 bits per heavy atom. The van der Waals surface area contributed by atoms with E-state index in [1.165, 1.54) is 0 Å². The van der Waals surface area contributed by atoms with Crippen LogP contribution in [0.25, 0.3) is 0 Å². The zero-order valence-corrected chi connectivity index (χ0v) is 12.6. The molecule has 114 valence electrons. The molecule has 4 nitrogen and oxygen atoms in total. The second kappa shape index (κ2) is 6.10. The average Bonchev–Trinajstić information content (AvgIpc) is 3.37. The summed E-state index contributed by atoms with van der Waals surface area (Å²) in [6.07, 6.45) is 2.29. The zero-order valence-electron chi connectivity index (χ0n) is 12.6.